The van der Waals surface area contributed by atoms with Gasteiger partial charge in [-0.3, -0.25) is 29.4 Å². The Morgan fingerprint density at radius 1 is 1.36 bits per heavy atom. The lowest BCUT2D eigenvalue weighted by atomic mass is 10.2. The van der Waals surface area contributed by atoms with Gasteiger partial charge in [-0.05, 0) is 18.6 Å². The Morgan fingerprint density at radius 2 is 2.04 bits per heavy atom. The van der Waals surface area contributed by atoms with Gasteiger partial charge in [-0.2, -0.15) is 0 Å². The molecule has 1 heterocycles. The van der Waals surface area contributed by atoms with Crippen LogP contribution in [0.25, 0.3) is 0 Å². The zero-order valence-electron chi connectivity index (χ0n) is 13.5. The number of benzene rings is 1. The largest absolute Gasteiger partial charge is 0.466 e. The molecule has 1 saturated heterocycles. The van der Waals surface area contributed by atoms with E-state index in [0.29, 0.717) is 12.1 Å². The van der Waals surface area contributed by atoms with Crippen LogP contribution < -0.4 is 5.32 Å². The Morgan fingerprint density at radius 3 is 2.64 bits per heavy atom. The number of nitrogens with zero attached hydrogens (tertiary/aromatic N) is 2. The molecule has 9 nitrogen and oxygen atoms in total. The van der Waals surface area contributed by atoms with Crippen molar-refractivity contribution in [3.63, 3.8) is 0 Å². The highest BCUT2D eigenvalue weighted by molar-refractivity contribution is 8.15. The number of nitro groups is 1. The molecule has 1 atom stereocenters. The molecule has 0 saturated carbocycles. The fraction of sp³-hybridized carbons (Fsp3) is 0.400. The van der Waals surface area contributed by atoms with Crippen molar-refractivity contribution >= 4 is 40.3 Å². The summed E-state index contributed by atoms with van der Waals surface area (Å²) < 4.78 is 4.93. The minimum atomic E-state index is -0.782. The molecule has 1 aromatic rings. The molecule has 0 bridgehead atoms. The Labute approximate surface area is 147 Å². The number of esters is 1. The summed E-state index contributed by atoms with van der Waals surface area (Å²) in [5.74, 6) is -0.969. The number of ether oxygens (including phenoxy) is 1. The van der Waals surface area contributed by atoms with Crippen LogP contribution >= 0.6 is 11.8 Å². The van der Waals surface area contributed by atoms with Gasteiger partial charge in [-0.1, -0.05) is 18.7 Å². The van der Waals surface area contributed by atoms with Gasteiger partial charge >= 0.3 is 5.97 Å². The Bertz CT molecular complexity index is 678. The summed E-state index contributed by atoms with van der Waals surface area (Å²) in [6, 6.07) is 5.60. The maximum Gasteiger partial charge on any atom is 0.307 e. The number of nitro benzene ring substituents is 1. The van der Waals surface area contributed by atoms with E-state index in [1.165, 1.54) is 24.3 Å². The molecule has 2 rings (SSSR count). The van der Waals surface area contributed by atoms with Crippen molar-refractivity contribution in [1.82, 2.24) is 4.90 Å². The first-order chi connectivity index (χ1) is 11.9. The third kappa shape index (κ3) is 4.92. The summed E-state index contributed by atoms with van der Waals surface area (Å²) in [5.41, 5.74) is 0.474. The highest BCUT2D eigenvalue weighted by Crippen LogP contribution is 2.29. The standard InChI is InChI=1S/C15H17N3O6S/c1-2-7-24-13(19)8-12-14(20)17(15(21)25-12)9-16-10-3-5-11(6-4-10)18(22)23/h3-6,12,16H,2,7-9H2,1H3. The lowest BCUT2D eigenvalue weighted by Gasteiger charge is -2.15. The van der Waals surface area contributed by atoms with E-state index in [4.69, 9.17) is 4.74 Å². The van der Waals surface area contributed by atoms with E-state index in [0.717, 1.165) is 16.7 Å². The number of carbonyl (C=O) groups excluding carboxylic acids is 3. The summed E-state index contributed by atoms with van der Waals surface area (Å²) in [6.45, 7) is 2.06. The molecule has 134 valence electrons. The average Bonchev–Trinajstić information content (AvgIpc) is 2.85. The first-order valence-electron chi connectivity index (χ1n) is 7.58. The first kappa shape index (κ1) is 18.7. The van der Waals surface area contributed by atoms with Crippen molar-refractivity contribution in [2.45, 2.75) is 25.0 Å². The number of non-ortho nitro benzene ring substituents is 1. The topological polar surface area (TPSA) is 119 Å². The smallest absolute Gasteiger partial charge is 0.307 e. The highest BCUT2D eigenvalue weighted by atomic mass is 32.2. The molecule has 25 heavy (non-hydrogen) atoms. The van der Waals surface area contributed by atoms with Gasteiger partial charge < -0.3 is 10.1 Å². The zero-order chi connectivity index (χ0) is 18.4. The number of anilines is 1. The van der Waals surface area contributed by atoms with E-state index >= 15 is 0 Å². The van der Waals surface area contributed by atoms with Crippen LogP contribution in [0.1, 0.15) is 19.8 Å². The molecule has 0 radical (unpaired) electrons. The fourth-order valence-electron chi connectivity index (χ4n) is 2.07. The molecule has 2 amide bonds. The fourth-order valence-corrected chi connectivity index (χ4v) is 3.04. The quantitative estimate of drug-likeness (QED) is 0.422. The Kier molecular flexibility index (Phi) is 6.34. The number of imide groups is 1. The number of amides is 2. The molecule has 1 aliphatic rings. The molecule has 1 fully saturated rings. The number of hydrogen-bond acceptors (Lipinski definition) is 8. The number of rotatable bonds is 8. The van der Waals surface area contributed by atoms with Crippen LogP contribution in [0.2, 0.25) is 0 Å². The average molecular weight is 367 g/mol. The van der Waals surface area contributed by atoms with E-state index in [1.807, 2.05) is 6.92 Å². The van der Waals surface area contributed by atoms with E-state index in [1.54, 1.807) is 0 Å². The van der Waals surface area contributed by atoms with Gasteiger partial charge in [0.25, 0.3) is 10.9 Å². The van der Waals surface area contributed by atoms with Crippen LogP contribution in [-0.2, 0) is 14.3 Å². The second-order valence-electron chi connectivity index (χ2n) is 5.20. The van der Waals surface area contributed by atoms with Crippen LogP contribution in [-0.4, -0.2) is 45.5 Å². The van der Waals surface area contributed by atoms with Gasteiger partial charge in [0.05, 0.1) is 24.6 Å². The van der Waals surface area contributed by atoms with Crippen molar-refractivity contribution in [2.24, 2.45) is 0 Å². The zero-order valence-corrected chi connectivity index (χ0v) is 14.3. The molecular formula is C15H17N3O6S. The third-order valence-electron chi connectivity index (χ3n) is 3.34. The van der Waals surface area contributed by atoms with Crippen LogP contribution in [0, 0.1) is 10.1 Å². The Hall–Kier alpha value is -2.62. The highest BCUT2D eigenvalue weighted by Gasteiger charge is 2.40. The van der Waals surface area contributed by atoms with E-state index in [2.05, 4.69) is 5.32 Å². The van der Waals surface area contributed by atoms with Crippen molar-refractivity contribution in [2.75, 3.05) is 18.6 Å². The second-order valence-corrected chi connectivity index (χ2v) is 6.36. The molecule has 10 heteroatoms. The normalized spacial score (nSPS) is 16.8. The number of hydrogen-bond donors (Lipinski definition) is 1. The van der Waals surface area contributed by atoms with Gasteiger partial charge in [0.15, 0.2) is 0 Å². The van der Waals surface area contributed by atoms with Crippen molar-refractivity contribution in [3.05, 3.63) is 34.4 Å². The van der Waals surface area contributed by atoms with Crippen LogP contribution in [0.15, 0.2) is 24.3 Å². The van der Waals surface area contributed by atoms with Gasteiger partial charge in [0.2, 0.25) is 5.91 Å². The van der Waals surface area contributed by atoms with Gasteiger partial charge in [-0.25, -0.2) is 0 Å². The van der Waals surface area contributed by atoms with Crippen molar-refractivity contribution < 1.29 is 24.0 Å². The first-order valence-corrected chi connectivity index (χ1v) is 8.46. The summed E-state index contributed by atoms with van der Waals surface area (Å²) in [5, 5.41) is 12.2. The van der Waals surface area contributed by atoms with Gasteiger partial charge in [0, 0.05) is 17.8 Å². The maximum absolute atomic E-state index is 12.2. The number of nitrogens with one attached hydrogen (secondary N) is 1. The van der Waals surface area contributed by atoms with Crippen LogP contribution in [0.5, 0.6) is 0 Å². The molecule has 0 spiro atoms. The molecule has 0 aliphatic carbocycles. The molecule has 1 unspecified atom stereocenters. The summed E-state index contributed by atoms with van der Waals surface area (Å²) >= 11 is 0.792. The molecule has 1 aliphatic heterocycles. The molecule has 0 aromatic heterocycles. The summed E-state index contributed by atoms with van der Waals surface area (Å²) in [7, 11) is 0. The van der Waals surface area contributed by atoms with E-state index in [9.17, 15) is 24.5 Å². The minimum absolute atomic E-state index is 0.0555. The SMILES string of the molecule is CCCOC(=O)CC1SC(=O)N(CNc2ccc([N+](=O)[O-])cc2)C1=O. The van der Waals surface area contributed by atoms with Crippen molar-refractivity contribution in [3.8, 4) is 0 Å². The molecular weight excluding hydrogens is 350 g/mol. The van der Waals surface area contributed by atoms with Crippen LogP contribution in [0.4, 0.5) is 16.2 Å². The summed E-state index contributed by atoms with van der Waals surface area (Å²) in [4.78, 5) is 46.9. The van der Waals surface area contributed by atoms with E-state index in [-0.39, 0.29) is 25.4 Å². The van der Waals surface area contributed by atoms with E-state index < -0.39 is 27.3 Å². The molecule has 1 aromatic carbocycles. The number of carbonyl (C=O) groups is 3. The maximum atomic E-state index is 12.2. The summed E-state index contributed by atoms with van der Waals surface area (Å²) in [6.07, 6.45) is 0.533. The van der Waals surface area contributed by atoms with Gasteiger partial charge in [0.1, 0.15) is 5.25 Å². The monoisotopic (exact) mass is 367 g/mol. The van der Waals surface area contributed by atoms with Crippen LogP contribution in [0.3, 0.4) is 0 Å². The Balaban J connectivity index is 1.89. The predicted octanol–water partition coefficient (Wildman–Crippen LogP) is 2.37. The second kappa shape index (κ2) is 8.47. The van der Waals surface area contributed by atoms with Gasteiger partial charge in [-0.15, -0.1) is 0 Å². The predicted molar refractivity (Wildman–Crippen MR) is 91.1 cm³/mol. The lowest BCUT2D eigenvalue weighted by Crippen LogP contribution is -2.36. The lowest BCUT2D eigenvalue weighted by molar-refractivity contribution is -0.384. The minimum Gasteiger partial charge on any atom is -0.466 e. The molecule has 1 N–H and O–H groups in total. The third-order valence-corrected chi connectivity index (χ3v) is 4.42. The number of thioether (sulfide) groups is 1. The van der Waals surface area contributed by atoms with Crippen molar-refractivity contribution in [1.29, 1.82) is 0 Å².